The smallest absolute Gasteiger partial charge is 0.219 e. The van der Waals surface area contributed by atoms with Crippen molar-refractivity contribution in [3.8, 4) is 5.69 Å². The molecule has 3 nitrogen and oxygen atoms in total. The number of rotatable bonds is 1. The van der Waals surface area contributed by atoms with Crippen molar-refractivity contribution >= 4 is 23.2 Å². The van der Waals surface area contributed by atoms with Crippen LogP contribution in [0, 0.1) is 0 Å². The van der Waals surface area contributed by atoms with Gasteiger partial charge in [-0.05, 0) is 12.1 Å². The third kappa shape index (κ3) is 3.32. The summed E-state index contributed by atoms with van der Waals surface area (Å²) in [5.74, 6) is 0.537. The summed E-state index contributed by atoms with van der Waals surface area (Å²) in [6.07, 6.45) is -3.13. The van der Waals surface area contributed by atoms with Crippen molar-refractivity contribution in [2.45, 2.75) is 32.4 Å². The van der Waals surface area contributed by atoms with Gasteiger partial charge in [-0.2, -0.15) is 18.3 Å². The highest BCUT2D eigenvalue weighted by Crippen LogP contribution is 2.37. The monoisotopic (exact) mass is 337 g/mol. The molecule has 21 heavy (non-hydrogen) atoms. The van der Waals surface area contributed by atoms with Crippen LogP contribution in [0.2, 0.25) is 10.0 Å². The Morgan fingerprint density at radius 3 is 1.95 bits per heavy atom. The second kappa shape index (κ2) is 5.18. The van der Waals surface area contributed by atoms with Crippen LogP contribution in [-0.4, -0.2) is 14.8 Å². The second-order valence-corrected chi connectivity index (χ2v) is 6.36. The molecule has 0 bridgehead atoms. The van der Waals surface area contributed by atoms with Gasteiger partial charge < -0.3 is 0 Å². The molecule has 0 atom stereocenters. The Morgan fingerprint density at radius 1 is 1.05 bits per heavy atom. The van der Waals surface area contributed by atoms with Gasteiger partial charge in [0.15, 0.2) is 5.82 Å². The molecule has 1 heterocycles. The fraction of sp³-hybridized carbons (Fsp3) is 0.385. The Hall–Kier alpha value is -1.27. The number of benzene rings is 1. The van der Waals surface area contributed by atoms with Gasteiger partial charge in [-0.3, -0.25) is 0 Å². The number of aromatic nitrogens is 3. The van der Waals surface area contributed by atoms with Gasteiger partial charge >= 0.3 is 6.18 Å². The fourth-order valence-corrected chi connectivity index (χ4v) is 2.32. The van der Waals surface area contributed by atoms with Crippen LogP contribution in [0.3, 0.4) is 0 Å². The third-order valence-electron chi connectivity index (χ3n) is 2.74. The number of halogens is 5. The van der Waals surface area contributed by atoms with Crippen LogP contribution in [0.4, 0.5) is 13.2 Å². The average molecular weight is 338 g/mol. The van der Waals surface area contributed by atoms with Crippen LogP contribution in [0.25, 0.3) is 5.69 Å². The van der Waals surface area contributed by atoms with Gasteiger partial charge in [-0.15, -0.1) is 0 Å². The highest BCUT2D eigenvalue weighted by molar-refractivity contribution is 6.37. The van der Waals surface area contributed by atoms with E-state index in [2.05, 4.69) is 10.1 Å². The van der Waals surface area contributed by atoms with Crippen LogP contribution in [0.5, 0.6) is 0 Å². The second-order valence-electron chi connectivity index (χ2n) is 5.55. The SMILES string of the molecule is CC(C)(C)c1ncn(-c2c(Cl)cc(C(F)(F)F)cc2Cl)n1. The Morgan fingerprint density at radius 2 is 1.57 bits per heavy atom. The maximum absolute atomic E-state index is 12.7. The molecular weight excluding hydrogens is 326 g/mol. The van der Waals surface area contributed by atoms with Gasteiger partial charge in [0, 0.05) is 5.41 Å². The van der Waals surface area contributed by atoms with Crippen LogP contribution in [-0.2, 0) is 11.6 Å². The Bertz CT molecular complexity index is 649. The lowest BCUT2D eigenvalue weighted by atomic mass is 9.96. The first-order valence-corrected chi connectivity index (χ1v) is 6.74. The lowest BCUT2D eigenvalue weighted by Gasteiger charge is -2.14. The fourth-order valence-electron chi connectivity index (χ4n) is 1.66. The van der Waals surface area contributed by atoms with Gasteiger partial charge in [-0.25, -0.2) is 9.67 Å². The predicted molar refractivity (Wildman–Crippen MR) is 75.1 cm³/mol. The van der Waals surface area contributed by atoms with E-state index in [0.717, 1.165) is 12.1 Å². The normalized spacial score (nSPS) is 12.8. The van der Waals surface area contributed by atoms with E-state index in [0.29, 0.717) is 5.82 Å². The molecular formula is C13H12Cl2F3N3. The van der Waals surface area contributed by atoms with E-state index in [1.54, 1.807) is 0 Å². The van der Waals surface area contributed by atoms with Gasteiger partial charge in [0.1, 0.15) is 12.0 Å². The molecule has 0 N–H and O–H groups in total. The highest BCUT2D eigenvalue weighted by Gasteiger charge is 2.32. The van der Waals surface area contributed by atoms with E-state index in [1.165, 1.54) is 11.0 Å². The maximum Gasteiger partial charge on any atom is 0.416 e. The number of hydrogen-bond acceptors (Lipinski definition) is 2. The lowest BCUT2D eigenvalue weighted by molar-refractivity contribution is -0.137. The van der Waals surface area contributed by atoms with E-state index in [9.17, 15) is 13.2 Å². The maximum atomic E-state index is 12.7. The molecule has 0 fully saturated rings. The molecule has 0 saturated heterocycles. The standard InChI is InChI=1S/C13H12Cl2F3N3/c1-12(2,3)11-19-6-21(20-11)10-8(14)4-7(5-9(10)15)13(16,17)18/h4-6H,1-3H3. The summed E-state index contributed by atoms with van der Waals surface area (Å²) in [5, 5.41) is 3.94. The van der Waals surface area contributed by atoms with E-state index >= 15 is 0 Å². The zero-order valence-electron chi connectivity index (χ0n) is 11.5. The van der Waals surface area contributed by atoms with E-state index in [4.69, 9.17) is 23.2 Å². The molecule has 2 rings (SSSR count). The van der Waals surface area contributed by atoms with Crippen molar-refractivity contribution in [2.75, 3.05) is 0 Å². The molecule has 0 amide bonds. The van der Waals surface area contributed by atoms with Crippen molar-refractivity contribution in [1.82, 2.24) is 14.8 Å². The van der Waals surface area contributed by atoms with Crippen LogP contribution in [0.15, 0.2) is 18.5 Å². The van der Waals surface area contributed by atoms with Crippen LogP contribution < -0.4 is 0 Å². The number of alkyl halides is 3. The molecule has 0 aliphatic rings. The van der Waals surface area contributed by atoms with E-state index < -0.39 is 11.7 Å². The minimum Gasteiger partial charge on any atom is -0.219 e. The van der Waals surface area contributed by atoms with E-state index in [1.807, 2.05) is 20.8 Å². The molecule has 0 radical (unpaired) electrons. The summed E-state index contributed by atoms with van der Waals surface area (Å²) in [6, 6.07) is 1.64. The minimum absolute atomic E-state index is 0.139. The Kier molecular flexibility index (Phi) is 3.97. The quantitative estimate of drug-likeness (QED) is 0.741. The van der Waals surface area contributed by atoms with Gasteiger partial charge in [0.25, 0.3) is 0 Å². The molecule has 0 aliphatic carbocycles. The van der Waals surface area contributed by atoms with E-state index in [-0.39, 0.29) is 21.1 Å². The molecule has 1 aromatic carbocycles. The Labute approximate surface area is 129 Å². The number of nitrogens with zero attached hydrogens (tertiary/aromatic N) is 3. The molecule has 0 spiro atoms. The third-order valence-corrected chi connectivity index (χ3v) is 3.31. The predicted octanol–water partition coefficient (Wildman–Crippen LogP) is 4.89. The first kappa shape index (κ1) is 16.1. The van der Waals surface area contributed by atoms with Crippen molar-refractivity contribution in [2.24, 2.45) is 0 Å². The molecule has 1 aromatic heterocycles. The van der Waals surface area contributed by atoms with Gasteiger partial charge in [0.2, 0.25) is 0 Å². The first-order chi connectivity index (χ1) is 9.50. The molecule has 2 aromatic rings. The zero-order valence-corrected chi connectivity index (χ0v) is 13.0. The highest BCUT2D eigenvalue weighted by atomic mass is 35.5. The largest absolute Gasteiger partial charge is 0.416 e. The molecule has 0 saturated carbocycles. The summed E-state index contributed by atoms with van der Waals surface area (Å²) < 4.78 is 39.4. The average Bonchev–Trinajstić information content (AvgIpc) is 2.75. The Balaban J connectivity index is 2.53. The summed E-state index contributed by atoms with van der Waals surface area (Å²) in [4.78, 5) is 4.13. The van der Waals surface area contributed by atoms with Gasteiger partial charge in [0.05, 0.1) is 15.6 Å². The molecule has 0 unspecified atom stereocenters. The minimum atomic E-state index is -4.51. The zero-order chi connectivity index (χ0) is 16.0. The summed E-state index contributed by atoms with van der Waals surface area (Å²) in [6.45, 7) is 5.76. The molecule has 8 heteroatoms. The first-order valence-electron chi connectivity index (χ1n) is 5.99. The van der Waals surface area contributed by atoms with Crippen LogP contribution in [0.1, 0.15) is 32.2 Å². The number of hydrogen-bond donors (Lipinski definition) is 0. The topological polar surface area (TPSA) is 30.7 Å². The van der Waals surface area contributed by atoms with Gasteiger partial charge in [-0.1, -0.05) is 44.0 Å². The van der Waals surface area contributed by atoms with Crippen molar-refractivity contribution < 1.29 is 13.2 Å². The van der Waals surface area contributed by atoms with Crippen molar-refractivity contribution in [3.63, 3.8) is 0 Å². The van der Waals surface area contributed by atoms with Crippen molar-refractivity contribution in [3.05, 3.63) is 39.9 Å². The van der Waals surface area contributed by atoms with Crippen LogP contribution >= 0.6 is 23.2 Å². The summed E-state index contributed by atoms with van der Waals surface area (Å²) in [7, 11) is 0. The summed E-state index contributed by atoms with van der Waals surface area (Å²) in [5.41, 5.74) is -1.03. The molecule has 114 valence electrons. The molecule has 0 aliphatic heterocycles. The summed E-state index contributed by atoms with van der Waals surface area (Å²) >= 11 is 11.9. The van der Waals surface area contributed by atoms with Crippen molar-refractivity contribution in [1.29, 1.82) is 0 Å². The lowest BCUT2D eigenvalue weighted by Crippen LogP contribution is -2.14.